The lowest BCUT2D eigenvalue weighted by molar-refractivity contribution is -0.385. The molecule has 1 rings (SSSR count). The average Bonchev–Trinajstić information content (AvgIpc) is 2.15. The van der Waals surface area contributed by atoms with E-state index in [4.69, 9.17) is 4.74 Å². The van der Waals surface area contributed by atoms with Crippen molar-refractivity contribution in [2.24, 2.45) is 0 Å². The molecule has 5 nitrogen and oxygen atoms in total. The van der Waals surface area contributed by atoms with Crippen molar-refractivity contribution in [3.8, 4) is 0 Å². The monoisotopic (exact) mass is 305 g/mol. The molecular weight excluding hydrogens is 297 g/mol. The number of carbonyl (C=O) groups excluding carboxylic acids is 1. The molecule has 17 heavy (non-hydrogen) atoms. The number of esters is 1. The molecule has 0 radical (unpaired) electrons. The zero-order valence-corrected chi connectivity index (χ0v) is 10.7. The van der Waals surface area contributed by atoms with Gasteiger partial charge in [0.1, 0.15) is 15.9 Å². The first-order valence-electron chi connectivity index (χ1n) is 4.68. The van der Waals surface area contributed by atoms with Crippen molar-refractivity contribution < 1.29 is 18.8 Å². The molecule has 0 aliphatic heterocycles. The largest absolute Gasteiger partial charge is 0.459 e. The number of halogens is 2. The Hall–Kier alpha value is -1.50. The number of nitro benzene ring substituents is 1. The Labute approximate surface area is 105 Å². The van der Waals surface area contributed by atoms with E-state index in [0.717, 1.165) is 12.1 Å². The van der Waals surface area contributed by atoms with Crippen molar-refractivity contribution in [2.45, 2.75) is 20.0 Å². The van der Waals surface area contributed by atoms with Crippen LogP contribution in [0.2, 0.25) is 0 Å². The van der Waals surface area contributed by atoms with Crippen molar-refractivity contribution in [2.75, 3.05) is 0 Å². The van der Waals surface area contributed by atoms with Crippen LogP contribution in [0, 0.1) is 15.9 Å². The minimum absolute atomic E-state index is 0.215. The highest BCUT2D eigenvalue weighted by atomic mass is 79.9. The molecule has 0 bridgehead atoms. The van der Waals surface area contributed by atoms with Crippen LogP contribution in [0.1, 0.15) is 24.2 Å². The summed E-state index contributed by atoms with van der Waals surface area (Å²) in [5.41, 5.74) is -0.852. The van der Waals surface area contributed by atoms with Crippen molar-refractivity contribution in [3.05, 3.63) is 38.1 Å². The minimum atomic E-state index is -0.937. The topological polar surface area (TPSA) is 69.4 Å². The minimum Gasteiger partial charge on any atom is -0.459 e. The summed E-state index contributed by atoms with van der Waals surface area (Å²) in [5.74, 6) is -1.80. The second-order valence-corrected chi connectivity index (χ2v) is 4.26. The lowest BCUT2D eigenvalue weighted by atomic mass is 10.2. The van der Waals surface area contributed by atoms with Crippen LogP contribution in [0.25, 0.3) is 0 Å². The van der Waals surface area contributed by atoms with E-state index in [1.165, 1.54) is 0 Å². The summed E-state index contributed by atoms with van der Waals surface area (Å²) in [5, 5.41) is 10.6. The zero-order valence-electron chi connectivity index (χ0n) is 9.07. The van der Waals surface area contributed by atoms with Crippen molar-refractivity contribution in [1.82, 2.24) is 0 Å². The fourth-order valence-corrected chi connectivity index (χ4v) is 1.77. The highest BCUT2D eigenvalue weighted by Crippen LogP contribution is 2.31. The van der Waals surface area contributed by atoms with Gasteiger partial charge in [0, 0.05) is 6.07 Å². The third-order valence-corrected chi connectivity index (χ3v) is 2.62. The Morgan fingerprint density at radius 2 is 2.12 bits per heavy atom. The van der Waals surface area contributed by atoms with E-state index in [1.54, 1.807) is 13.8 Å². The molecule has 7 heteroatoms. The number of benzene rings is 1. The molecule has 0 saturated carbocycles. The number of carbonyl (C=O) groups is 1. The van der Waals surface area contributed by atoms with Crippen molar-refractivity contribution in [1.29, 1.82) is 0 Å². The van der Waals surface area contributed by atoms with E-state index >= 15 is 0 Å². The van der Waals surface area contributed by atoms with Crippen LogP contribution in [0.3, 0.4) is 0 Å². The van der Waals surface area contributed by atoms with Gasteiger partial charge in [-0.1, -0.05) is 0 Å². The van der Waals surface area contributed by atoms with Gasteiger partial charge in [0.25, 0.3) is 5.69 Å². The molecule has 92 valence electrons. The SMILES string of the molecule is CC(C)OC(=O)c1c(F)ccc([N+](=O)[O-])c1Br. The fraction of sp³-hybridized carbons (Fsp3) is 0.300. The molecule has 1 aromatic rings. The quantitative estimate of drug-likeness (QED) is 0.489. The maximum Gasteiger partial charge on any atom is 0.342 e. The van der Waals surface area contributed by atoms with Gasteiger partial charge in [0.05, 0.1) is 11.0 Å². The second kappa shape index (κ2) is 5.22. The Balaban J connectivity index is 3.27. The fourth-order valence-electron chi connectivity index (χ4n) is 1.14. The molecular formula is C10H9BrFNO4. The van der Waals surface area contributed by atoms with Gasteiger partial charge in [0.15, 0.2) is 0 Å². The van der Waals surface area contributed by atoms with Crippen molar-refractivity contribution in [3.63, 3.8) is 0 Å². The maximum absolute atomic E-state index is 13.4. The molecule has 0 aliphatic rings. The third kappa shape index (κ3) is 3.00. The van der Waals surface area contributed by atoms with E-state index in [0.29, 0.717) is 0 Å². The van der Waals surface area contributed by atoms with E-state index in [2.05, 4.69) is 15.9 Å². The molecule has 0 amide bonds. The summed E-state index contributed by atoms with van der Waals surface area (Å²) >= 11 is 2.84. The molecule has 0 spiro atoms. The Bertz CT molecular complexity index is 476. The molecule has 0 fully saturated rings. The predicted octanol–water partition coefficient (Wildman–Crippen LogP) is 3.06. The van der Waals surface area contributed by atoms with Crippen LogP contribution >= 0.6 is 15.9 Å². The summed E-state index contributed by atoms with van der Waals surface area (Å²) in [6.07, 6.45) is -0.437. The number of nitro groups is 1. The summed E-state index contributed by atoms with van der Waals surface area (Å²) in [7, 11) is 0. The lowest BCUT2D eigenvalue weighted by Crippen LogP contribution is -2.14. The Kier molecular flexibility index (Phi) is 4.17. The van der Waals surface area contributed by atoms with Crippen LogP contribution in [-0.4, -0.2) is 17.0 Å². The van der Waals surface area contributed by atoms with Crippen LogP contribution in [-0.2, 0) is 4.74 Å². The van der Waals surface area contributed by atoms with E-state index < -0.39 is 28.4 Å². The second-order valence-electron chi connectivity index (χ2n) is 3.47. The van der Waals surface area contributed by atoms with Crippen LogP contribution in [0.15, 0.2) is 16.6 Å². The van der Waals surface area contributed by atoms with Gasteiger partial charge in [-0.25, -0.2) is 9.18 Å². The number of hydrogen-bond acceptors (Lipinski definition) is 4. The standard InChI is InChI=1S/C10H9BrFNO4/c1-5(2)17-10(14)8-6(12)3-4-7(9(8)11)13(15)16/h3-5H,1-2H3. The van der Waals surface area contributed by atoms with Crippen molar-refractivity contribution >= 4 is 27.6 Å². The molecule has 0 unspecified atom stereocenters. The molecule has 0 saturated heterocycles. The Morgan fingerprint density at radius 1 is 1.53 bits per heavy atom. The van der Waals surface area contributed by atoms with Gasteiger partial charge in [-0.3, -0.25) is 10.1 Å². The molecule has 0 aromatic heterocycles. The first kappa shape index (κ1) is 13.6. The number of nitrogens with zero attached hydrogens (tertiary/aromatic N) is 1. The van der Waals surface area contributed by atoms with Gasteiger partial charge in [-0.05, 0) is 35.8 Å². The summed E-state index contributed by atoms with van der Waals surface area (Å²) in [4.78, 5) is 21.5. The van der Waals surface area contributed by atoms with Crippen LogP contribution in [0.5, 0.6) is 0 Å². The lowest BCUT2D eigenvalue weighted by Gasteiger charge is -2.09. The molecule has 0 N–H and O–H groups in total. The first-order valence-corrected chi connectivity index (χ1v) is 5.47. The summed E-state index contributed by atoms with van der Waals surface area (Å²) in [6, 6.07) is 1.84. The summed E-state index contributed by atoms with van der Waals surface area (Å²) in [6.45, 7) is 3.20. The molecule has 0 heterocycles. The van der Waals surface area contributed by atoms with Gasteiger partial charge in [-0.2, -0.15) is 0 Å². The smallest absolute Gasteiger partial charge is 0.342 e. The molecule has 0 aliphatic carbocycles. The average molecular weight is 306 g/mol. The Morgan fingerprint density at radius 3 is 2.59 bits per heavy atom. The highest BCUT2D eigenvalue weighted by Gasteiger charge is 2.25. The highest BCUT2D eigenvalue weighted by molar-refractivity contribution is 9.10. The number of ether oxygens (including phenoxy) is 1. The maximum atomic E-state index is 13.4. The molecule has 0 atom stereocenters. The predicted molar refractivity (Wildman–Crippen MR) is 61.3 cm³/mol. The van der Waals surface area contributed by atoms with Gasteiger partial charge >= 0.3 is 5.97 Å². The number of rotatable bonds is 3. The zero-order chi connectivity index (χ0) is 13.2. The first-order chi connectivity index (χ1) is 7.84. The van der Waals surface area contributed by atoms with E-state index in [1.807, 2.05) is 0 Å². The van der Waals surface area contributed by atoms with Gasteiger partial charge < -0.3 is 4.74 Å². The summed E-state index contributed by atoms with van der Waals surface area (Å²) < 4.78 is 18.0. The molecule has 1 aromatic carbocycles. The van der Waals surface area contributed by atoms with E-state index in [9.17, 15) is 19.3 Å². The van der Waals surface area contributed by atoms with Gasteiger partial charge in [-0.15, -0.1) is 0 Å². The van der Waals surface area contributed by atoms with E-state index in [-0.39, 0.29) is 10.2 Å². The number of hydrogen-bond donors (Lipinski definition) is 0. The van der Waals surface area contributed by atoms with Gasteiger partial charge in [0.2, 0.25) is 0 Å². The third-order valence-electron chi connectivity index (χ3n) is 1.81. The van der Waals surface area contributed by atoms with Crippen LogP contribution < -0.4 is 0 Å². The van der Waals surface area contributed by atoms with Crippen LogP contribution in [0.4, 0.5) is 10.1 Å². The normalized spacial score (nSPS) is 10.4.